The summed E-state index contributed by atoms with van der Waals surface area (Å²) < 4.78 is 16.9. The molecule has 10 nitrogen and oxygen atoms in total. The number of amides is 2. The van der Waals surface area contributed by atoms with E-state index in [-0.39, 0.29) is 30.4 Å². The number of hydrogen-bond donors (Lipinski definition) is 2. The summed E-state index contributed by atoms with van der Waals surface area (Å²) in [7, 11) is 0. The number of fused-ring (bicyclic) bond motifs is 1. The highest BCUT2D eigenvalue weighted by molar-refractivity contribution is 9.10. The molecule has 2 amide bonds. The quantitative estimate of drug-likeness (QED) is 0.354. The van der Waals surface area contributed by atoms with E-state index in [1.807, 2.05) is 0 Å². The molecule has 184 valence electrons. The molecule has 2 aromatic rings. The third-order valence-electron chi connectivity index (χ3n) is 5.14. The van der Waals surface area contributed by atoms with E-state index in [2.05, 4.69) is 21.2 Å². The van der Waals surface area contributed by atoms with Crippen LogP contribution in [0.25, 0.3) is 0 Å². The highest BCUT2D eigenvalue weighted by Crippen LogP contribution is 2.40. The molecular weight excluding hydrogens is 568 g/mol. The van der Waals surface area contributed by atoms with Crippen LogP contribution in [0, 0.1) is 0 Å². The molecule has 2 unspecified atom stereocenters. The van der Waals surface area contributed by atoms with Crippen molar-refractivity contribution in [2.75, 3.05) is 12.4 Å². The van der Waals surface area contributed by atoms with Crippen LogP contribution in [0.15, 0.2) is 50.5 Å². The summed E-state index contributed by atoms with van der Waals surface area (Å²) in [6.07, 6.45) is 0. The lowest BCUT2D eigenvalue weighted by Gasteiger charge is -2.49. The van der Waals surface area contributed by atoms with Gasteiger partial charge in [-0.2, -0.15) is 0 Å². The maximum Gasteiger partial charge on any atom is 0.352 e. The number of nitrogens with zero attached hydrogens (tertiary/aromatic N) is 1. The molecule has 2 aliphatic rings. The summed E-state index contributed by atoms with van der Waals surface area (Å²) in [5.41, 5.74) is 0.0863. The lowest BCUT2D eigenvalue weighted by Crippen LogP contribution is -2.70. The molecule has 2 N–H and O–H groups in total. The fourth-order valence-electron chi connectivity index (χ4n) is 3.51. The maximum absolute atomic E-state index is 12.7. The standard InChI is InChI=1S/C22H18BrClN2O8S/c1-10(27)32-7-11-9-35-21-17(20(29)26(21)18(11)22(30)31)25-19(28)16-5-3-13(34-16)8-33-15-4-2-12(23)6-14(15)24/h2-6,17,21H,7-9H2,1H3,(H,25,28)(H,30,31). The molecule has 0 bridgehead atoms. The van der Waals surface area contributed by atoms with Crippen molar-refractivity contribution in [3.63, 3.8) is 0 Å². The van der Waals surface area contributed by atoms with Gasteiger partial charge in [-0.15, -0.1) is 11.8 Å². The predicted molar refractivity (Wildman–Crippen MR) is 128 cm³/mol. The molecule has 0 aliphatic carbocycles. The van der Waals surface area contributed by atoms with Crippen molar-refractivity contribution in [2.45, 2.75) is 24.9 Å². The number of carbonyl (C=O) groups is 4. The Balaban J connectivity index is 1.38. The molecule has 2 atom stereocenters. The summed E-state index contributed by atoms with van der Waals surface area (Å²) in [5.74, 6) is -2.04. The average Bonchev–Trinajstić information content (AvgIpc) is 3.28. The van der Waals surface area contributed by atoms with Crippen LogP contribution in [0.2, 0.25) is 5.02 Å². The van der Waals surface area contributed by atoms with Gasteiger partial charge in [-0.1, -0.05) is 27.5 Å². The first-order chi connectivity index (χ1) is 16.7. The van der Waals surface area contributed by atoms with E-state index in [1.165, 1.54) is 24.8 Å². The van der Waals surface area contributed by atoms with Crippen LogP contribution in [0.5, 0.6) is 5.75 Å². The zero-order valence-corrected chi connectivity index (χ0v) is 21.2. The van der Waals surface area contributed by atoms with Crippen LogP contribution >= 0.6 is 39.3 Å². The van der Waals surface area contributed by atoms with Crippen molar-refractivity contribution >= 4 is 63.0 Å². The van der Waals surface area contributed by atoms with Gasteiger partial charge >= 0.3 is 11.9 Å². The van der Waals surface area contributed by atoms with Crippen LogP contribution in [-0.2, 0) is 25.7 Å². The Kier molecular flexibility index (Phi) is 7.43. The van der Waals surface area contributed by atoms with Gasteiger partial charge in [-0.25, -0.2) is 4.79 Å². The molecule has 1 aromatic carbocycles. The van der Waals surface area contributed by atoms with Gasteiger partial charge < -0.3 is 24.3 Å². The molecule has 0 spiro atoms. The van der Waals surface area contributed by atoms with Gasteiger partial charge in [0, 0.05) is 22.7 Å². The van der Waals surface area contributed by atoms with E-state index in [9.17, 15) is 24.3 Å². The predicted octanol–water partition coefficient (Wildman–Crippen LogP) is 3.19. The van der Waals surface area contributed by atoms with Gasteiger partial charge in [-0.3, -0.25) is 19.3 Å². The lowest BCUT2D eigenvalue weighted by molar-refractivity contribution is -0.149. The minimum absolute atomic E-state index is 0.0258. The number of benzene rings is 1. The molecule has 0 saturated carbocycles. The number of rotatable bonds is 8. The number of carbonyl (C=O) groups excluding carboxylic acids is 3. The number of ether oxygens (including phenoxy) is 2. The van der Waals surface area contributed by atoms with Crippen LogP contribution in [-0.4, -0.2) is 57.5 Å². The van der Waals surface area contributed by atoms with E-state index >= 15 is 0 Å². The first kappa shape index (κ1) is 25.1. The topological polar surface area (TPSA) is 135 Å². The molecule has 1 fully saturated rings. The number of nitrogens with one attached hydrogen (secondary N) is 1. The zero-order chi connectivity index (χ0) is 25.3. The second kappa shape index (κ2) is 10.3. The number of thioether (sulfide) groups is 1. The highest BCUT2D eigenvalue weighted by Gasteiger charge is 2.54. The number of β-lactam (4-membered cyclic amide) rings is 1. The van der Waals surface area contributed by atoms with Crippen molar-refractivity contribution < 1.29 is 38.2 Å². The normalized spacial score (nSPS) is 19.1. The summed E-state index contributed by atoms with van der Waals surface area (Å²) in [6.45, 7) is 1.02. The minimum Gasteiger partial charge on any atom is -0.484 e. The van der Waals surface area contributed by atoms with Gasteiger partial charge in [-0.05, 0) is 30.3 Å². The maximum atomic E-state index is 12.7. The van der Waals surface area contributed by atoms with Gasteiger partial charge in [0.05, 0.1) is 5.02 Å². The number of carboxylic acid groups (broad SMARTS) is 1. The van der Waals surface area contributed by atoms with Crippen LogP contribution < -0.4 is 10.1 Å². The van der Waals surface area contributed by atoms with Crippen molar-refractivity contribution in [1.29, 1.82) is 0 Å². The molecule has 1 aromatic heterocycles. The van der Waals surface area contributed by atoms with Crippen LogP contribution in [0.4, 0.5) is 0 Å². The van der Waals surface area contributed by atoms with Crippen LogP contribution in [0.1, 0.15) is 23.2 Å². The molecule has 2 aliphatic heterocycles. The summed E-state index contributed by atoms with van der Waals surface area (Å²) in [5, 5.41) is 12.0. The molecule has 13 heteroatoms. The average molecular weight is 586 g/mol. The summed E-state index contributed by atoms with van der Waals surface area (Å²) in [4.78, 5) is 49.3. The van der Waals surface area contributed by atoms with Gasteiger partial charge in [0.2, 0.25) is 0 Å². The molecule has 4 rings (SSSR count). The second-order valence-corrected chi connectivity index (χ2v) is 9.96. The number of aliphatic carboxylic acids is 1. The van der Waals surface area contributed by atoms with E-state index in [4.69, 9.17) is 25.5 Å². The number of halogens is 2. The second-order valence-electron chi connectivity index (χ2n) is 7.53. The Bertz CT molecular complexity index is 1250. The SMILES string of the molecule is CC(=O)OCC1=C(C(=O)O)N2C(=O)C(NC(=O)c3ccc(COc4ccc(Br)cc4Cl)o3)C2SC1. The third kappa shape index (κ3) is 5.34. The summed E-state index contributed by atoms with van der Waals surface area (Å²) >= 11 is 10.7. The first-order valence-corrected chi connectivity index (χ1v) is 12.4. The lowest BCUT2D eigenvalue weighted by atomic mass is 10.0. The van der Waals surface area contributed by atoms with Crippen molar-refractivity contribution in [1.82, 2.24) is 10.2 Å². The molecule has 0 radical (unpaired) electrons. The zero-order valence-electron chi connectivity index (χ0n) is 18.1. The van der Waals surface area contributed by atoms with Gasteiger partial charge in [0.25, 0.3) is 11.8 Å². The molecule has 35 heavy (non-hydrogen) atoms. The number of carboxylic acids is 1. The number of esters is 1. The minimum atomic E-state index is -1.31. The third-order valence-corrected chi connectivity index (χ3v) is 7.26. The number of furan rings is 1. The van der Waals surface area contributed by atoms with E-state index in [1.54, 1.807) is 24.3 Å². The van der Waals surface area contributed by atoms with Crippen molar-refractivity contribution in [3.8, 4) is 5.75 Å². The summed E-state index contributed by atoms with van der Waals surface area (Å²) in [6, 6.07) is 7.24. The van der Waals surface area contributed by atoms with Crippen LogP contribution in [0.3, 0.4) is 0 Å². The Hall–Kier alpha value is -2.96. The highest BCUT2D eigenvalue weighted by atomic mass is 79.9. The largest absolute Gasteiger partial charge is 0.484 e. The Morgan fingerprint density at radius 3 is 2.74 bits per heavy atom. The molecule has 1 saturated heterocycles. The Labute approximate surface area is 216 Å². The number of hydrogen-bond acceptors (Lipinski definition) is 8. The van der Waals surface area contributed by atoms with Crippen molar-refractivity contribution in [2.24, 2.45) is 0 Å². The van der Waals surface area contributed by atoms with E-state index in [0.717, 1.165) is 9.37 Å². The van der Waals surface area contributed by atoms with Gasteiger partial charge in [0.15, 0.2) is 5.76 Å². The van der Waals surface area contributed by atoms with Crippen molar-refractivity contribution in [3.05, 3.63) is 62.6 Å². The van der Waals surface area contributed by atoms with Gasteiger partial charge in [0.1, 0.15) is 41.8 Å². The molecular formula is C22H18BrClN2O8S. The molecule has 3 heterocycles. The Morgan fingerprint density at radius 1 is 1.29 bits per heavy atom. The van der Waals surface area contributed by atoms with E-state index < -0.39 is 35.2 Å². The fraction of sp³-hybridized carbons (Fsp3) is 0.273. The monoisotopic (exact) mass is 584 g/mol. The smallest absolute Gasteiger partial charge is 0.352 e. The first-order valence-electron chi connectivity index (χ1n) is 10.2. The van der Waals surface area contributed by atoms with E-state index in [0.29, 0.717) is 22.1 Å². The fourth-order valence-corrected chi connectivity index (χ4v) is 5.57. The Morgan fingerprint density at radius 2 is 2.06 bits per heavy atom.